The van der Waals surface area contributed by atoms with Gasteiger partial charge in [-0.2, -0.15) is 0 Å². The van der Waals surface area contributed by atoms with Crippen LogP contribution in [0.4, 0.5) is 0 Å². The summed E-state index contributed by atoms with van der Waals surface area (Å²) < 4.78 is 5.86. The molecule has 0 aromatic carbocycles. The molecule has 3 aliphatic carbocycles. The molecule has 0 bridgehead atoms. The molecule has 0 aromatic heterocycles. The molecule has 3 saturated carbocycles. The van der Waals surface area contributed by atoms with Crippen LogP contribution in [-0.2, 0) is 9.53 Å². The smallest absolute Gasteiger partial charge is 0.142 e. The highest BCUT2D eigenvalue weighted by atomic mass is 16.5. The molecule has 3 fully saturated rings. The van der Waals surface area contributed by atoms with Crippen LogP contribution in [0.2, 0.25) is 0 Å². The Labute approximate surface area is 181 Å². The van der Waals surface area contributed by atoms with Crippen molar-refractivity contribution in [2.45, 2.75) is 105 Å². The predicted molar refractivity (Wildman–Crippen MR) is 125 cm³/mol. The minimum Gasteiger partial charge on any atom is -0.381 e. The summed E-state index contributed by atoms with van der Waals surface area (Å²) in [5.74, 6) is 2.41. The van der Waals surface area contributed by atoms with E-state index in [0.717, 1.165) is 30.5 Å². The predicted octanol–water partition coefficient (Wildman–Crippen LogP) is 7.23. The number of unbranched alkanes of at least 4 members (excludes halogenated alkanes) is 1. The minimum absolute atomic E-state index is 0.241. The fourth-order valence-electron chi connectivity index (χ4n) is 6.89. The minimum atomic E-state index is 0.241. The Morgan fingerprint density at radius 1 is 1.00 bits per heavy atom. The maximum Gasteiger partial charge on any atom is 0.142 e. The van der Waals surface area contributed by atoms with Crippen molar-refractivity contribution in [1.82, 2.24) is 0 Å². The van der Waals surface area contributed by atoms with Crippen LogP contribution in [0.5, 0.6) is 0 Å². The molecule has 29 heavy (non-hydrogen) atoms. The maximum absolute atomic E-state index is 11.1. The third-order valence-corrected chi connectivity index (χ3v) is 8.47. The first-order valence-electron chi connectivity index (χ1n) is 11.9. The average Bonchev–Trinajstić information content (AvgIpc) is 3.08. The molecule has 3 aliphatic rings. The van der Waals surface area contributed by atoms with Gasteiger partial charge in [-0.1, -0.05) is 59.5 Å². The Morgan fingerprint density at radius 3 is 2.17 bits per heavy atom. The van der Waals surface area contributed by atoms with Crippen molar-refractivity contribution < 1.29 is 9.53 Å². The molecule has 6 unspecified atom stereocenters. The topological polar surface area (TPSA) is 26.3 Å². The van der Waals surface area contributed by atoms with Crippen LogP contribution in [0.15, 0.2) is 11.6 Å². The van der Waals surface area contributed by atoms with E-state index in [2.05, 4.69) is 47.5 Å². The molecule has 0 radical (unpaired) electrons. The largest absolute Gasteiger partial charge is 0.381 e. The second kappa shape index (κ2) is 11.9. The standard InChI is InChI=1S/C21H34O2.C4H10.C2H2/c1-5-12-20(2)15(11-14-22)6-7-16-17-8-9-19(23-4)21(17,3)13-10-18(16)20;1-3-4-2;1-2/h11,14,16-19H,5-10,12-13H2,1-4H3;3-4H2,1-2H3;1-2H/b15-11-;;. The number of hydrogen-bond donors (Lipinski definition) is 0. The van der Waals surface area contributed by atoms with Crippen LogP contribution in [0.25, 0.3) is 0 Å². The molecular formula is C27H46O2. The van der Waals surface area contributed by atoms with Crippen molar-refractivity contribution in [3.63, 3.8) is 0 Å². The Kier molecular flexibility index (Phi) is 10.7. The van der Waals surface area contributed by atoms with E-state index in [1.807, 2.05) is 13.2 Å². The van der Waals surface area contributed by atoms with E-state index in [-0.39, 0.29) is 5.41 Å². The maximum atomic E-state index is 11.1. The van der Waals surface area contributed by atoms with Gasteiger partial charge in [-0.15, -0.1) is 12.8 Å². The third-order valence-electron chi connectivity index (χ3n) is 8.47. The van der Waals surface area contributed by atoms with Gasteiger partial charge in [-0.25, -0.2) is 0 Å². The lowest BCUT2D eigenvalue weighted by Gasteiger charge is -2.57. The number of aldehydes is 1. The summed E-state index contributed by atoms with van der Waals surface area (Å²) in [6, 6.07) is 0. The number of allylic oxidation sites excluding steroid dienone is 2. The number of ether oxygens (including phenoxy) is 1. The molecule has 3 rings (SSSR count). The zero-order chi connectivity index (χ0) is 22.1. The van der Waals surface area contributed by atoms with Gasteiger partial charge in [-0.05, 0) is 79.6 Å². The highest BCUT2D eigenvalue weighted by Crippen LogP contribution is 2.64. The summed E-state index contributed by atoms with van der Waals surface area (Å²) in [5.41, 5.74) is 2.06. The van der Waals surface area contributed by atoms with E-state index in [4.69, 9.17) is 4.74 Å². The number of carbonyl (C=O) groups excluding carboxylic acids is 1. The van der Waals surface area contributed by atoms with Crippen LogP contribution < -0.4 is 0 Å². The van der Waals surface area contributed by atoms with Crippen molar-refractivity contribution in [2.24, 2.45) is 28.6 Å². The summed E-state index contributed by atoms with van der Waals surface area (Å²) in [7, 11) is 1.90. The summed E-state index contributed by atoms with van der Waals surface area (Å²) in [5, 5.41) is 0. The van der Waals surface area contributed by atoms with Gasteiger partial charge in [0.25, 0.3) is 0 Å². The van der Waals surface area contributed by atoms with Gasteiger partial charge in [0, 0.05) is 7.11 Å². The van der Waals surface area contributed by atoms with Crippen molar-refractivity contribution >= 4 is 6.29 Å². The summed E-state index contributed by atoms with van der Waals surface area (Å²) in [6.07, 6.45) is 24.0. The molecule has 166 valence electrons. The molecule has 2 nitrogen and oxygen atoms in total. The average molecular weight is 403 g/mol. The Bertz CT molecular complexity index is 546. The number of fused-ring (bicyclic) bond motifs is 3. The molecule has 0 aromatic rings. The number of carbonyl (C=O) groups is 1. The summed E-state index contributed by atoms with van der Waals surface area (Å²) in [4.78, 5) is 11.1. The van der Waals surface area contributed by atoms with E-state index in [9.17, 15) is 4.79 Å². The first kappa shape index (κ1) is 26.0. The highest BCUT2D eigenvalue weighted by molar-refractivity contribution is 5.66. The van der Waals surface area contributed by atoms with Gasteiger partial charge in [0.2, 0.25) is 0 Å². The van der Waals surface area contributed by atoms with Gasteiger partial charge in [-0.3, -0.25) is 4.79 Å². The van der Waals surface area contributed by atoms with Crippen molar-refractivity contribution in [1.29, 1.82) is 0 Å². The lowest BCUT2D eigenvalue weighted by Crippen LogP contribution is -2.50. The Morgan fingerprint density at radius 2 is 1.66 bits per heavy atom. The number of rotatable bonds is 5. The summed E-state index contributed by atoms with van der Waals surface area (Å²) >= 11 is 0. The van der Waals surface area contributed by atoms with Crippen LogP contribution >= 0.6 is 0 Å². The third kappa shape index (κ3) is 5.16. The number of hydrogen-bond acceptors (Lipinski definition) is 2. The van der Waals surface area contributed by atoms with Gasteiger partial charge in [0.15, 0.2) is 0 Å². The molecular weight excluding hydrogens is 356 g/mol. The van der Waals surface area contributed by atoms with E-state index in [1.54, 1.807) is 0 Å². The van der Waals surface area contributed by atoms with Crippen LogP contribution in [-0.4, -0.2) is 19.5 Å². The van der Waals surface area contributed by atoms with E-state index >= 15 is 0 Å². The Balaban J connectivity index is 0.000000627. The van der Waals surface area contributed by atoms with E-state index in [1.165, 1.54) is 63.4 Å². The Hall–Kier alpha value is -1.07. The summed E-state index contributed by atoms with van der Waals surface area (Å²) in [6.45, 7) is 11.6. The zero-order valence-electron chi connectivity index (χ0n) is 20.0. The van der Waals surface area contributed by atoms with Crippen LogP contribution in [0.1, 0.15) is 98.8 Å². The zero-order valence-corrected chi connectivity index (χ0v) is 20.0. The second-order valence-corrected chi connectivity index (χ2v) is 9.76. The SMILES string of the molecule is C#C.CCCC.CCCC1(C)/C(=C\C=O)CCC2C1CCC1(C)C(OC)CCC21. The molecule has 0 aliphatic heterocycles. The molecule has 2 heteroatoms. The lowest BCUT2D eigenvalue weighted by atomic mass is 9.48. The first-order valence-corrected chi connectivity index (χ1v) is 11.9. The molecule has 0 heterocycles. The quantitative estimate of drug-likeness (QED) is 0.275. The lowest BCUT2D eigenvalue weighted by molar-refractivity contribution is -0.104. The molecule has 0 N–H and O–H groups in total. The van der Waals surface area contributed by atoms with E-state index < -0.39 is 0 Å². The van der Waals surface area contributed by atoms with E-state index in [0.29, 0.717) is 11.5 Å². The number of methoxy groups -OCH3 is 1. The van der Waals surface area contributed by atoms with Crippen molar-refractivity contribution in [3.8, 4) is 12.8 Å². The molecule has 0 saturated heterocycles. The molecule has 6 atom stereocenters. The van der Waals surface area contributed by atoms with Crippen LogP contribution in [0.3, 0.4) is 0 Å². The van der Waals surface area contributed by atoms with Gasteiger partial charge < -0.3 is 4.74 Å². The molecule has 0 spiro atoms. The van der Waals surface area contributed by atoms with Crippen molar-refractivity contribution in [2.75, 3.05) is 7.11 Å². The van der Waals surface area contributed by atoms with Gasteiger partial charge >= 0.3 is 0 Å². The molecule has 0 amide bonds. The normalized spacial score (nSPS) is 39.2. The fourth-order valence-corrected chi connectivity index (χ4v) is 6.89. The fraction of sp³-hybridized carbons (Fsp3) is 0.815. The second-order valence-electron chi connectivity index (χ2n) is 9.76. The monoisotopic (exact) mass is 402 g/mol. The van der Waals surface area contributed by atoms with Gasteiger partial charge in [0.1, 0.15) is 6.29 Å². The highest BCUT2D eigenvalue weighted by Gasteiger charge is 2.58. The number of terminal acetylenes is 1. The first-order chi connectivity index (χ1) is 13.9. The van der Waals surface area contributed by atoms with Crippen LogP contribution in [0, 0.1) is 41.4 Å². The van der Waals surface area contributed by atoms with Gasteiger partial charge in [0.05, 0.1) is 6.10 Å². The van der Waals surface area contributed by atoms with Crippen molar-refractivity contribution in [3.05, 3.63) is 11.6 Å².